The van der Waals surface area contributed by atoms with Crippen LogP contribution in [-0.2, 0) is 4.74 Å². The highest BCUT2D eigenvalue weighted by Crippen LogP contribution is 2.69. The highest BCUT2D eigenvalue weighted by atomic mass is 16.5. The second-order valence-corrected chi connectivity index (χ2v) is 11.2. The number of aromatic nitrogens is 1. The average Bonchev–Trinajstić information content (AvgIpc) is 3.28. The number of hydrogen-bond acceptors (Lipinski definition) is 3. The molecule has 3 heteroatoms. The van der Waals surface area contributed by atoms with Crippen molar-refractivity contribution in [2.24, 2.45) is 17.1 Å². The predicted molar refractivity (Wildman–Crippen MR) is 124 cm³/mol. The Morgan fingerprint density at radius 3 is 2.97 bits per heavy atom. The van der Waals surface area contributed by atoms with Crippen molar-refractivity contribution in [1.29, 1.82) is 0 Å². The minimum absolute atomic E-state index is 0.0695. The second kappa shape index (κ2) is 6.08. The van der Waals surface area contributed by atoms with Crippen molar-refractivity contribution in [2.75, 3.05) is 0 Å². The molecule has 7 rings (SSSR count). The van der Waals surface area contributed by atoms with Crippen LogP contribution in [0.1, 0.15) is 69.8 Å². The van der Waals surface area contributed by atoms with Crippen molar-refractivity contribution in [3.63, 3.8) is 0 Å². The van der Waals surface area contributed by atoms with Crippen LogP contribution in [0.25, 0.3) is 10.8 Å². The molecule has 2 aliphatic heterocycles. The summed E-state index contributed by atoms with van der Waals surface area (Å²) in [4.78, 5) is 4.36. The molecule has 3 fully saturated rings. The summed E-state index contributed by atoms with van der Waals surface area (Å²) in [6, 6.07) is 9.45. The van der Waals surface area contributed by atoms with Crippen LogP contribution in [-0.4, -0.2) is 22.2 Å². The number of allylic oxidation sites excluding steroid dienone is 1. The van der Waals surface area contributed by atoms with Gasteiger partial charge in [-0.25, -0.2) is 0 Å². The third-order valence-corrected chi connectivity index (χ3v) is 9.79. The van der Waals surface area contributed by atoms with Gasteiger partial charge >= 0.3 is 0 Å². The maximum Gasteiger partial charge on any atom is 0.0974 e. The molecule has 2 bridgehead atoms. The van der Waals surface area contributed by atoms with Crippen LogP contribution in [0.4, 0.5) is 0 Å². The fourth-order valence-electron chi connectivity index (χ4n) is 8.31. The van der Waals surface area contributed by atoms with E-state index < -0.39 is 0 Å². The van der Waals surface area contributed by atoms with Gasteiger partial charge in [0, 0.05) is 23.8 Å². The molecule has 2 aromatic rings. The molecule has 3 nitrogen and oxygen atoms in total. The van der Waals surface area contributed by atoms with E-state index in [9.17, 15) is 0 Å². The lowest BCUT2D eigenvalue weighted by molar-refractivity contribution is -0.135. The monoisotopic (exact) mass is 412 g/mol. The van der Waals surface area contributed by atoms with E-state index >= 15 is 0 Å². The minimum atomic E-state index is -0.0826. The van der Waals surface area contributed by atoms with Gasteiger partial charge in [-0.05, 0) is 103 Å². The number of rotatable bonds is 1. The van der Waals surface area contributed by atoms with Gasteiger partial charge in [-0.15, -0.1) is 0 Å². The van der Waals surface area contributed by atoms with Gasteiger partial charge < -0.3 is 10.5 Å². The summed E-state index contributed by atoms with van der Waals surface area (Å²) in [7, 11) is 0. The summed E-state index contributed by atoms with van der Waals surface area (Å²) in [5.74, 6) is 1.17. The van der Waals surface area contributed by atoms with Crippen molar-refractivity contribution in [3.8, 4) is 0 Å². The number of nitrogens with zero attached hydrogens (tertiary/aromatic N) is 1. The van der Waals surface area contributed by atoms with Crippen LogP contribution in [0.2, 0.25) is 0 Å². The van der Waals surface area contributed by atoms with E-state index in [1.165, 1.54) is 46.7 Å². The Morgan fingerprint density at radius 2 is 2.03 bits per heavy atom. The van der Waals surface area contributed by atoms with Gasteiger partial charge in [0.1, 0.15) is 0 Å². The lowest BCUT2D eigenvalue weighted by Gasteiger charge is -2.54. The Morgan fingerprint density at radius 1 is 1.10 bits per heavy atom. The highest BCUT2D eigenvalue weighted by molar-refractivity contribution is 5.82. The Labute approximate surface area is 184 Å². The van der Waals surface area contributed by atoms with Crippen LogP contribution in [0.15, 0.2) is 60.0 Å². The second-order valence-electron chi connectivity index (χ2n) is 11.2. The zero-order valence-corrected chi connectivity index (χ0v) is 18.4. The molecule has 0 amide bonds. The van der Waals surface area contributed by atoms with E-state index in [1.54, 1.807) is 0 Å². The minimum Gasteiger partial charge on any atom is -0.359 e. The average molecular weight is 413 g/mol. The molecule has 2 spiro atoms. The molecule has 5 aliphatic rings. The third kappa shape index (κ3) is 2.34. The summed E-state index contributed by atoms with van der Waals surface area (Å²) in [5.41, 5.74) is 11.0. The number of benzene rings is 1. The molecule has 160 valence electrons. The van der Waals surface area contributed by atoms with E-state index in [0.29, 0.717) is 11.8 Å². The Hall–Kier alpha value is -1.97. The first-order valence-corrected chi connectivity index (χ1v) is 12.2. The maximum absolute atomic E-state index is 7.26. The standard InChI is InChI=1S/C28H32N2O/c1-26-10-8-22-15-21-4-5-23(29)16-27(21)11-12-28(22,31-27)25(26)7-6-24(26)19-3-2-18-9-13-30-17-20(18)14-19/h2-3,8-9,13-15,17,23-25H,4-7,10-12,16,29H2,1H3/t23-,24?,25-,26+,27-,28-/m1/s1. The Bertz CT molecular complexity index is 1150. The maximum atomic E-state index is 7.26. The molecule has 3 heterocycles. The molecule has 31 heavy (non-hydrogen) atoms. The predicted octanol–water partition coefficient (Wildman–Crippen LogP) is 5.80. The molecular formula is C28H32N2O. The van der Waals surface area contributed by atoms with Gasteiger partial charge in [0.15, 0.2) is 0 Å². The zero-order chi connectivity index (χ0) is 20.8. The number of fused-ring (bicyclic) bond motifs is 2. The highest BCUT2D eigenvalue weighted by Gasteiger charge is 2.66. The van der Waals surface area contributed by atoms with Crippen molar-refractivity contribution in [2.45, 2.75) is 81.5 Å². The van der Waals surface area contributed by atoms with Crippen LogP contribution in [0.3, 0.4) is 0 Å². The van der Waals surface area contributed by atoms with E-state index in [-0.39, 0.29) is 22.7 Å². The lowest BCUT2D eigenvalue weighted by Crippen LogP contribution is -2.54. The lowest BCUT2D eigenvalue weighted by atomic mass is 9.58. The van der Waals surface area contributed by atoms with Crippen LogP contribution < -0.4 is 5.73 Å². The third-order valence-electron chi connectivity index (χ3n) is 9.79. The van der Waals surface area contributed by atoms with Gasteiger partial charge in [0.2, 0.25) is 0 Å². The Kier molecular flexibility index (Phi) is 3.65. The van der Waals surface area contributed by atoms with Crippen molar-refractivity contribution >= 4 is 10.8 Å². The van der Waals surface area contributed by atoms with Crippen LogP contribution >= 0.6 is 0 Å². The van der Waals surface area contributed by atoms with Gasteiger partial charge in [-0.3, -0.25) is 4.98 Å². The molecule has 2 saturated carbocycles. The summed E-state index contributed by atoms with van der Waals surface area (Å²) >= 11 is 0. The smallest absolute Gasteiger partial charge is 0.0974 e. The summed E-state index contributed by atoms with van der Waals surface area (Å²) in [6.07, 6.45) is 18.2. The molecule has 3 aliphatic carbocycles. The number of nitrogens with two attached hydrogens (primary N) is 1. The molecule has 1 unspecified atom stereocenters. The first-order chi connectivity index (χ1) is 15.0. The van der Waals surface area contributed by atoms with E-state index in [2.05, 4.69) is 48.3 Å². The summed E-state index contributed by atoms with van der Waals surface area (Å²) in [6.45, 7) is 2.55. The number of pyridine rings is 1. The molecule has 1 aromatic heterocycles. The SMILES string of the molecule is C[C@@]12CC=C3C=C4CC[C@@H](N)C[C@]45CC[C@]3(O5)[C@@H]1CCC2c1ccc2ccncc2c1. The van der Waals surface area contributed by atoms with E-state index in [0.717, 1.165) is 32.1 Å². The quantitative estimate of drug-likeness (QED) is 0.643. The molecule has 6 atom stereocenters. The fraction of sp³-hybridized carbons (Fsp3) is 0.536. The number of ether oxygens (including phenoxy) is 1. The van der Waals surface area contributed by atoms with Crippen LogP contribution in [0, 0.1) is 11.3 Å². The largest absolute Gasteiger partial charge is 0.359 e. The van der Waals surface area contributed by atoms with Gasteiger partial charge in [0.05, 0.1) is 11.2 Å². The normalized spacial score (nSPS) is 43.1. The summed E-state index contributed by atoms with van der Waals surface area (Å²) in [5, 5.41) is 2.54. The molecule has 2 N–H and O–H groups in total. The van der Waals surface area contributed by atoms with Gasteiger partial charge in [-0.1, -0.05) is 31.2 Å². The molecule has 0 radical (unpaired) electrons. The van der Waals surface area contributed by atoms with E-state index in [4.69, 9.17) is 10.5 Å². The van der Waals surface area contributed by atoms with Gasteiger partial charge in [0.25, 0.3) is 0 Å². The first kappa shape index (κ1) is 18.6. The molecule has 1 saturated heterocycles. The Balaban J connectivity index is 1.31. The number of hydrogen-bond donors (Lipinski definition) is 1. The van der Waals surface area contributed by atoms with Crippen LogP contribution in [0.5, 0.6) is 0 Å². The summed E-state index contributed by atoms with van der Waals surface area (Å²) < 4.78 is 7.26. The molecule has 1 aromatic carbocycles. The topological polar surface area (TPSA) is 48.1 Å². The first-order valence-electron chi connectivity index (χ1n) is 12.2. The van der Waals surface area contributed by atoms with Crippen molar-refractivity contribution in [1.82, 2.24) is 4.98 Å². The molecular weight excluding hydrogens is 380 g/mol. The van der Waals surface area contributed by atoms with Crippen molar-refractivity contribution < 1.29 is 4.74 Å². The van der Waals surface area contributed by atoms with Gasteiger partial charge in [-0.2, -0.15) is 0 Å². The van der Waals surface area contributed by atoms with Crippen molar-refractivity contribution in [3.05, 3.63) is 65.5 Å². The zero-order valence-electron chi connectivity index (χ0n) is 18.4. The van der Waals surface area contributed by atoms with E-state index in [1.807, 2.05) is 12.4 Å². The fourth-order valence-corrected chi connectivity index (χ4v) is 8.31.